The highest BCUT2D eigenvalue weighted by atomic mass is 32.1. The second-order valence-corrected chi connectivity index (χ2v) is 4.50. The van der Waals surface area contributed by atoms with Crippen LogP contribution >= 0.6 is 11.3 Å². The second-order valence-electron chi connectivity index (χ2n) is 3.44. The minimum absolute atomic E-state index is 0.305. The Morgan fingerprint density at radius 3 is 2.79 bits per heavy atom. The third kappa shape index (κ3) is 2.54. The van der Waals surface area contributed by atoms with Crippen LogP contribution in [0.3, 0.4) is 0 Å². The number of rotatable bonds is 2. The number of nitrogens with one attached hydrogen (secondary N) is 1. The van der Waals surface area contributed by atoms with Crippen molar-refractivity contribution in [3.05, 3.63) is 16.1 Å². The van der Waals surface area contributed by atoms with Crippen molar-refractivity contribution in [2.24, 2.45) is 0 Å². The molecular weight excluding hydrogens is 198 g/mol. The molecule has 1 amide bonds. The maximum Gasteiger partial charge on any atom is 0.271 e. The van der Waals surface area contributed by atoms with E-state index in [0.717, 1.165) is 5.01 Å². The van der Waals surface area contributed by atoms with Crippen molar-refractivity contribution >= 4 is 17.2 Å². The molecule has 74 valence electrons. The first-order valence-corrected chi connectivity index (χ1v) is 4.98. The van der Waals surface area contributed by atoms with Gasteiger partial charge in [-0.15, -0.1) is 11.3 Å². The van der Waals surface area contributed by atoms with Crippen LogP contribution in [0.2, 0.25) is 0 Å². The highest BCUT2D eigenvalue weighted by Crippen LogP contribution is 2.09. The zero-order valence-corrected chi connectivity index (χ0v) is 9.10. The van der Waals surface area contributed by atoms with E-state index in [1.807, 2.05) is 13.0 Å². The van der Waals surface area contributed by atoms with E-state index in [-0.39, 0.29) is 5.91 Å². The smallest absolute Gasteiger partial charge is 0.271 e. The molecule has 0 atom stereocenters. The van der Waals surface area contributed by atoms with E-state index in [1.54, 1.807) is 19.2 Å². The summed E-state index contributed by atoms with van der Waals surface area (Å²) in [4.78, 5) is 15.5. The fraction of sp³-hybridized carbons (Fsp3) is 0.444. The van der Waals surface area contributed by atoms with Gasteiger partial charge in [-0.2, -0.15) is 5.26 Å². The predicted molar refractivity (Wildman–Crippen MR) is 54.0 cm³/mol. The molecule has 1 rings (SSSR count). The van der Waals surface area contributed by atoms with Crippen LogP contribution in [0.4, 0.5) is 0 Å². The van der Waals surface area contributed by atoms with Crippen LogP contribution in [0.5, 0.6) is 0 Å². The number of thiazole rings is 1. The molecule has 14 heavy (non-hydrogen) atoms. The van der Waals surface area contributed by atoms with E-state index in [4.69, 9.17) is 5.26 Å². The summed E-state index contributed by atoms with van der Waals surface area (Å²) in [5, 5.41) is 13.8. The summed E-state index contributed by atoms with van der Waals surface area (Å²) >= 11 is 1.41. The van der Waals surface area contributed by atoms with Gasteiger partial charge in [-0.1, -0.05) is 0 Å². The van der Waals surface area contributed by atoms with Gasteiger partial charge in [-0.25, -0.2) is 4.98 Å². The van der Waals surface area contributed by atoms with E-state index in [1.165, 1.54) is 11.3 Å². The summed E-state index contributed by atoms with van der Waals surface area (Å²) in [7, 11) is 0. The van der Waals surface area contributed by atoms with Gasteiger partial charge < -0.3 is 5.32 Å². The van der Waals surface area contributed by atoms with Gasteiger partial charge in [0.25, 0.3) is 5.91 Å². The number of carbonyl (C=O) groups excluding carboxylic acids is 1. The third-order valence-electron chi connectivity index (χ3n) is 1.56. The lowest BCUT2D eigenvalue weighted by Crippen LogP contribution is -2.42. The first-order chi connectivity index (χ1) is 6.44. The number of amides is 1. The first kappa shape index (κ1) is 10.7. The summed E-state index contributed by atoms with van der Waals surface area (Å²) < 4.78 is 0. The Balaban J connectivity index is 2.74. The number of hydrogen-bond donors (Lipinski definition) is 1. The molecule has 0 saturated carbocycles. The van der Waals surface area contributed by atoms with E-state index in [2.05, 4.69) is 10.3 Å². The summed E-state index contributed by atoms with van der Waals surface area (Å²) in [5.41, 5.74) is -0.481. The Kier molecular flexibility index (Phi) is 2.87. The molecule has 0 radical (unpaired) electrons. The highest BCUT2D eigenvalue weighted by molar-refractivity contribution is 7.09. The Hall–Kier alpha value is -1.41. The van der Waals surface area contributed by atoms with Crippen molar-refractivity contribution in [2.45, 2.75) is 26.3 Å². The number of nitriles is 1. The van der Waals surface area contributed by atoms with Crippen molar-refractivity contribution in [3.63, 3.8) is 0 Å². The summed E-state index contributed by atoms with van der Waals surface area (Å²) in [6, 6.07) is 1.99. The fourth-order valence-electron chi connectivity index (χ4n) is 0.844. The van der Waals surface area contributed by atoms with Gasteiger partial charge in [0.1, 0.15) is 11.2 Å². The minimum atomic E-state index is -0.853. The molecule has 0 aliphatic rings. The van der Waals surface area contributed by atoms with Gasteiger partial charge in [-0.05, 0) is 20.8 Å². The summed E-state index contributed by atoms with van der Waals surface area (Å²) in [5.74, 6) is -0.305. The highest BCUT2D eigenvalue weighted by Gasteiger charge is 2.21. The van der Waals surface area contributed by atoms with Crippen LogP contribution in [0, 0.1) is 18.3 Å². The van der Waals surface area contributed by atoms with Gasteiger partial charge in [-0.3, -0.25) is 4.79 Å². The fourth-order valence-corrected chi connectivity index (χ4v) is 1.44. The molecule has 0 aliphatic heterocycles. The lowest BCUT2D eigenvalue weighted by molar-refractivity contribution is 0.0924. The second kappa shape index (κ2) is 3.76. The third-order valence-corrected chi connectivity index (χ3v) is 2.33. The lowest BCUT2D eigenvalue weighted by Gasteiger charge is -2.16. The minimum Gasteiger partial charge on any atom is -0.333 e. The van der Waals surface area contributed by atoms with E-state index in [0.29, 0.717) is 5.69 Å². The average Bonchev–Trinajstić information content (AvgIpc) is 2.51. The van der Waals surface area contributed by atoms with E-state index < -0.39 is 5.54 Å². The Bertz CT molecular complexity index is 389. The number of nitrogens with zero attached hydrogens (tertiary/aromatic N) is 2. The average molecular weight is 209 g/mol. The zero-order valence-electron chi connectivity index (χ0n) is 8.29. The quantitative estimate of drug-likeness (QED) is 0.802. The van der Waals surface area contributed by atoms with Crippen molar-refractivity contribution in [3.8, 4) is 6.07 Å². The molecule has 1 aromatic rings. The normalized spacial score (nSPS) is 10.7. The summed E-state index contributed by atoms with van der Waals surface area (Å²) in [6.45, 7) is 5.12. The molecule has 0 fully saturated rings. The van der Waals surface area contributed by atoms with Gasteiger partial charge in [0, 0.05) is 5.38 Å². The van der Waals surface area contributed by atoms with Gasteiger partial charge in [0.2, 0.25) is 0 Å². The Morgan fingerprint density at radius 2 is 2.36 bits per heavy atom. The zero-order chi connectivity index (χ0) is 10.8. The van der Waals surface area contributed by atoms with Crippen molar-refractivity contribution in [2.75, 3.05) is 0 Å². The van der Waals surface area contributed by atoms with Crippen LogP contribution in [0.15, 0.2) is 5.38 Å². The van der Waals surface area contributed by atoms with Crippen molar-refractivity contribution < 1.29 is 4.79 Å². The standard InChI is InChI=1S/C9H11N3OS/c1-6-11-7(4-14-6)8(13)12-9(2,3)5-10/h4H,1-3H3,(H,12,13). The van der Waals surface area contributed by atoms with Crippen molar-refractivity contribution in [1.82, 2.24) is 10.3 Å². The number of carbonyl (C=O) groups is 1. The SMILES string of the molecule is Cc1nc(C(=O)NC(C)(C)C#N)cs1. The van der Waals surface area contributed by atoms with Crippen LogP contribution in [0.25, 0.3) is 0 Å². The largest absolute Gasteiger partial charge is 0.333 e. The van der Waals surface area contributed by atoms with Crippen LogP contribution in [-0.2, 0) is 0 Å². The number of aryl methyl sites for hydroxylation is 1. The maximum absolute atomic E-state index is 11.5. The number of hydrogen-bond acceptors (Lipinski definition) is 4. The molecule has 0 saturated heterocycles. The molecule has 1 heterocycles. The molecule has 1 N–H and O–H groups in total. The predicted octanol–water partition coefficient (Wildman–Crippen LogP) is 1.48. The summed E-state index contributed by atoms with van der Waals surface area (Å²) in [6.07, 6.45) is 0. The topological polar surface area (TPSA) is 65.8 Å². The molecule has 0 unspecified atom stereocenters. The maximum atomic E-state index is 11.5. The molecule has 0 spiro atoms. The van der Waals surface area contributed by atoms with Gasteiger partial charge in [0.05, 0.1) is 11.1 Å². The van der Waals surface area contributed by atoms with Gasteiger partial charge >= 0.3 is 0 Å². The number of aromatic nitrogens is 1. The monoisotopic (exact) mass is 209 g/mol. The van der Waals surface area contributed by atoms with E-state index >= 15 is 0 Å². The molecular formula is C9H11N3OS. The molecule has 0 aliphatic carbocycles. The first-order valence-electron chi connectivity index (χ1n) is 4.10. The van der Waals surface area contributed by atoms with Crippen LogP contribution in [-0.4, -0.2) is 16.4 Å². The lowest BCUT2D eigenvalue weighted by atomic mass is 10.1. The Labute approximate surface area is 86.6 Å². The van der Waals surface area contributed by atoms with Gasteiger partial charge in [0.15, 0.2) is 0 Å². The molecule has 0 aromatic carbocycles. The molecule has 1 aromatic heterocycles. The molecule has 4 nitrogen and oxygen atoms in total. The molecule has 0 bridgehead atoms. The van der Waals surface area contributed by atoms with Crippen LogP contribution < -0.4 is 5.32 Å². The Morgan fingerprint density at radius 1 is 1.71 bits per heavy atom. The van der Waals surface area contributed by atoms with Crippen LogP contribution in [0.1, 0.15) is 29.3 Å². The van der Waals surface area contributed by atoms with E-state index in [9.17, 15) is 4.79 Å². The van der Waals surface area contributed by atoms with Crippen molar-refractivity contribution in [1.29, 1.82) is 5.26 Å². The molecule has 5 heteroatoms.